The van der Waals surface area contributed by atoms with Crippen molar-refractivity contribution in [2.75, 3.05) is 11.5 Å². The number of β-lactam (4-membered cyclic amide) rings is 1. The molecule has 1 amide bonds. The molecule has 2 atom stereocenters. The lowest BCUT2D eigenvalue weighted by atomic mass is 9.89. The largest absolute Gasteiger partial charge is 0.494 e. The van der Waals surface area contributed by atoms with Crippen molar-refractivity contribution in [1.29, 1.82) is 0 Å². The summed E-state index contributed by atoms with van der Waals surface area (Å²) in [6.07, 6.45) is -0.917. The Morgan fingerprint density at radius 2 is 1.70 bits per heavy atom. The fourth-order valence-electron chi connectivity index (χ4n) is 3.06. The van der Waals surface area contributed by atoms with E-state index in [1.54, 1.807) is 24.3 Å². The zero-order valence-electron chi connectivity index (χ0n) is 14.9. The predicted molar refractivity (Wildman–Crippen MR) is 96.8 cm³/mol. The molecule has 0 saturated carbocycles. The first kappa shape index (κ1) is 18.4. The number of hydrogen-bond acceptors (Lipinski definition) is 5. The summed E-state index contributed by atoms with van der Waals surface area (Å²) in [7, 11) is 0. The second kappa shape index (κ2) is 7.49. The molecule has 7 heteroatoms. The van der Waals surface area contributed by atoms with Gasteiger partial charge in [0, 0.05) is 12.6 Å². The highest BCUT2D eigenvalue weighted by atomic mass is 16.6. The summed E-state index contributed by atoms with van der Waals surface area (Å²) < 4.78 is 10.6. The standard InChI is InChI=1S/C20H19NO6/c1-3-26-16-10-6-13(7-11-16)17-18(27-12(2)22)19(23)21(17)15-8-4-14(5-9-15)20(24)25/h4-11,17-18H,3H2,1-2H3,(H,24,25)/t17-,18-/m0/s1. The second-order valence-electron chi connectivity index (χ2n) is 6.04. The molecule has 0 bridgehead atoms. The number of ether oxygens (including phenoxy) is 2. The number of carbonyl (C=O) groups is 3. The number of rotatable bonds is 6. The van der Waals surface area contributed by atoms with Crippen molar-refractivity contribution in [3.05, 3.63) is 59.7 Å². The Morgan fingerprint density at radius 3 is 2.22 bits per heavy atom. The van der Waals surface area contributed by atoms with Gasteiger partial charge in [0.1, 0.15) is 11.8 Å². The van der Waals surface area contributed by atoms with E-state index in [4.69, 9.17) is 14.6 Å². The number of carboxylic acid groups (broad SMARTS) is 1. The van der Waals surface area contributed by atoms with Gasteiger partial charge in [0.25, 0.3) is 5.91 Å². The summed E-state index contributed by atoms with van der Waals surface area (Å²) in [5.74, 6) is -1.23. The number of carbonyl (C=O) groups excluding carboxylic acids is 2. The number of benzene rings is 2. The van der Waals surface area contributed by atoms with Crippen LogP contribution in [0.2, 0.25) is 0 Å². The Kier molecular flexibility index (Phi) is 5.12. The van der Waals surface area contributed by atoms with E-state index in [9.17, 15) is 14.4 Å². The Morgan fingerprint density at radius 1 is 1.07 bits per heavy atom. The quantitative estimate of drug-likeness (QED) is 0.622. The van der Waals surface area contributed by atoms with Gasteiger partial charge >= 0.3 is 11.9 Å². The van der Waals surface area contributed by atoms with E-state index in [0.717, 1.165) is 5.56 Å². The summed E-state index contributed by atoms with van der Waals surface area (Å²) in [4.78, 5) is 36.5. The zero-order valence-corrected chi connectivity index (χ0v) is 14.9. The SMILES string of the molecule is CCOc1ccc([C@H]2[C@H](OC(C)=O)C(=O)N2c2ccc(C(=O)O)cc2)cc1. The molecular formula is C20H19NO6. The first-order valence-electron chi connectivity index (χ1n) is 8.48. The smallest absolute Gasteiger partial charge is 0.335 e. The number of amides is 1. The molecule has 1 fully saturated rings. The van der Waals surface area contributed by atoms with E-state index < -0.39 is 24.1 Å². The van der Waals surface area contributed by atoms with Crippen LogP contribution in [0, 0.1) is 0 Å². The molecule has 2 aromatic carbocycles. The third-order valence-corrected chi connectivity index (χ3v) is 4.26. The van der Waals surface area contributed by atoms with Crippen molar-refractivity contribution < 1.29 is 29.0 Å². The van der Waals surface area contributed by atoms with Crippen LogP contribution < -0.4 is 9.64 Å². The summed E-state index contributed by atoms with van der Waals surface area (Å²) in [6, 6.07) is 12.7. The Hall–Kier alpha value is -3.35. The Bertz CT molecular complexity index is 859. The molecule has 1 saturated heterocycles. The topological polar surface area (TPSA) is 93.1 Å². The molecule has 1 heterocycles. The minimum Gasteiger partial charge on any atom is -0.494 e. The van der Waals surface area contributed by atoms with Gasteiger partial charge in [-0.15, -0.1) is 0 Å². The third kappa shape index (κ3) is 3.62. The highest BCUT2D eigenvalue weighted by Gasteiger charge is 2.51. The molecular weight excluding hydrogens is 350 g/mol. The second-order valence-corrected chi connectivity index (χ2v) is 6.04. The molecule has 1 aliphatic heterocycles. The van der Waals surface area contributed by atoms with Gasteiger partial charge in [-0.2, -0.15) is 0 Å². The fourth-order valence-corrected chi connectivity index (χ4v) is 3.06. The summed E-state index contributed by atoms with van der Waals surface area (Å²) >= 11 is 0. The molecule has 7 nitrogen and oxygen atoms in total. The van der Waals surface area contributed by atoms with E-state index in [1.165, 1.54) is 24.0 Å². The van der Waals surface area contributed by atoms with Crippen molar-refractivity contribution in [3.8, 4) is 5.75 Å². The molecule has 0 aliphatic carbocycles. The van der Waals surface area contributed by atoms with E-state index >= 15 is 0 Å². The lowest BCUT2D eigenvalue weighted by molar-refractivity contribution is -0.160. The van der Waals surface area contributed by atoms with Crippen LogP contribution in [0.25, 0.3) is 0 Å². The van der Waals surface area contributed by atoms with Crippen LogP contribution in [0.3, 0.4) is 0 Å². The van der Waals surface area contributed by atoms with Crippen molar-refractivity contribution in [2.24, 2.45) is 0 Å². The number of nitrogens with zero attached hydrogens (tertiary/aromatic N) is 1. The summed E-state index contributed by atoms with van der Waals surface area (Å²) in [6.45, 7) is 3.68. The van der Waals surface area contributed by atoms with Gasteiger partial charge in [-0.3, -0.25) is 14.5 Å². The first-order valence-corrected chi connectivity index (χ1v) is 8.48. The Balaban J connectivity index is 1.92. The maximum atomic E-state index is 12.6. The number of anilines is 1. The Labute approximate surface area is 156 Å². The molecule has 0 spiro atoms. The van der Waals surface area contributed by atoms with Crippen LogP contribution in [0.15, 0.2) is 48.5 Å². The lowest BCUT2D eigenvalue weighted by Crippen LogP contribution is -2.60. The minimum absolute atomic E-state index is 0.126. The van der Waals surface area contributed by atoms with Gasteiger partial charge in [0.15, 0.2) is 0 Å². The van der Waals surface area contributed by atoms with E-state index in [0.29, 0.717) is 18.0 Å². The first-order chi connectivity index (χ1) is 12.9. The van der Waals surface area contributed by atoms with Crippen molar-refractivity contribution in [1.82, 2.24) is 0 Å². The van der Waals surface area contributed by atoms with Gasteiger partial charge in [0.2, 0.25) is 6.10 Å². The van der Waals surface area contributed by atoms with Gasteiger partial charge in [-0.25, -0.2) is 4.79 Å². The average molecular weight is 369 g/mol. The van der Waals surface area contributed by atoms with Crippen LogP contribution in [0.5, 0.6) is 5.75 Å². The van der Waals surface area contributed by atoms with E-state index in [-0.39, 0.29) is 11.5 Å². The van der Waals surface area contributed by atoms with Crippen LogP contribution in [0.1, 0.15) is 35.8 Å². The molecule has 0 aromatic heterocycles. The third-order valence-electron chi connectivity index (χ3n) is 4.26. The normalized spacial score (nSPS) is 18.6. The number of hydrogen-bond donors (Lipinski definition) is 1. The fraction of sp³-hybridized carbons (Fsp3) is 0.250. The molecule has 0 unspecified atom stereocenters. The molecule has 2 aromatic rings. The van der Waals surface area contributed by atoms with Crippen molar-refractivity contribution in [2.45, 2.75) is 26.0 Å². The van der Waals surface area contributed by atoms with Gasteiger partial charge in [0.05, 0.1) is 12.2 Å². The summed E-state index contributed by atoms with van der Waals surface area (Å²) in [5.41, 5.74) is 1.44. The minimum atomic E-state index is -1.04. The van der Waals surface area contributed by atoms with Crippen molar-refractivity contribution in [3.63, 3.8) is 0 Å². The molecule has 1 N–H and O–H groups in total. The monoisotopic (exact) mass is 369 g/mol. The molecule has 1 aliphatic rings. The van der Waals surface area contributed by atoms with E-state index in [1.807, 2.05) is 19.1 Å². The van der Waals surface area contributed by atoms with Crippen LogP contribution in [0.4, 0.5) is 5.69 Å². The highest BCUT2D eigenvalue weighted by molar-refractivity contribution is 6.06. The molecule has 27 heavy (non-hydrogen) atoms. The highest BCUT2D eigenvalue weighted by Crippen LogP contribution is 2.41. The van der Waals surface area contributed by atoms with E-state index in [2.05, 4.69) is 0 Å². The number of aromatic carboxylic acids is 1. The molecule has 140 valence electrons. The van der Waals surface area contributed by atoms with Gasteiger partial charge < -0.3 is 14.6 Å². The van der Waals surface area contributed by atoms with Gasteiger partial charge in [-0.1, -0.05) is 12.1 Å². The summed E-state index contributed by atoms with van der Waals surface area (Å²) in [5, 5.41) is 9.03. The molecule has 0 radical (unpaired) electrons. The molecule has 3 rings (SSSR count). The average Bonchev–Trinajstić information content (AvgIpc) is 2.65. The number of esters is 1. The lowest BCUT2D eigenvalue weighted by Gasteiger charge is -2.46. The van der Waals surface area contributed by atoms with Crippen LogP contribution in [-0.2, 0) is 14.3 Å². The predicted octanol–water partition coefficient (Wildman–Crippen LogP) is 2.80. The van der Waals surface area contributed by atoms with Crippen LogP contribution in [-0.4, -0.2) is 35.7 Å². The van der Waals surface area contributed by atoms with Crippen molar-refractivity contribution >= 4 is 23.5 Å². The zero-order chi connectivity index (χ0) is 19.6. The van der Waals surface area contributed by atoms with Gasteiger partial charge in [-0.05, 0) is 48.9 Å². The maximum absolute atomic E-state index is 12.6. The number of carboxylic acids is 1. The van der Waals surface area contributed by atoms with Crippen LogP contribution >= 0.6 is 0 Å². The maximum Gasteiger partial charge on any atom is 0.335 e.